The molecule has 0 radical (unpaired) electrons. The van der Waals surface area contributed by atoms with E-state index < -0.39 is 16.1 Å². The van der Waals surface area contributed by atoms with Gasteiger partial charge in [0.15, 0.2) is 0 Å². The Morgan fingerprint density at radius 2 is 2.09 bits per heavy atom. The molecule has 0 aromatic heterocycles. The van der Waals surface area contributed by atoms with Gasteiger partial charge in [-0.3, -0.25) is 0 Å². The summed E-state index contributed by atoms with van der Waals surface area (Å²) in [5, 5.41) is 10.3. The van der Waals surface area contributed by atoms with E-state index in [1.807, 2.05) is 19.1 Å². The minimum Gasteiger partial charge on any atom is -0.393 e. The first-order chi connectivity index (χ1) is 11.1. The molecule has 2 aliphatic heterocycles. The highest BCUT2D eigenvalue weighted by atomic mass is 32.2. The van der Waals surface area contributed by atoms with Gasteiger partial charge in [-0.05, 0) is 37.3 Å². The smallest absolute Gasteiger partial charge is 0.243 e. The average molecular weight is 339 g/mol. The first-order valence-corrected chi connectivity index (χ1v) is 9.85. The Bertz CT molecular complexity index is 646. The van der Waals surface area contributed by atoms with Gasteiger partial charge in [0.05, 0.1) is 17.6 Å². The molecule has 0 unspecified atom stereocenters. The number of hydrogen-bond acceptors (Lipinski definition) is 4. The molecule has 23 heavy (non-hydrogen) atoms. The van der Waals surface area contributed by atoms with Crippen LogP contribution in [-0.4, -0.2) is 49.7 Å². The molecule has 2 fully saturated rings. The van der Waals surface area contributed by atoms with Crippen molar-refractivity contribution in [2.24, 2.45) is 5.92 Å². The number of aryl methyl sites for hydroxylation is 1. The van der Waals surface area contributed by atoms with Gasteiger partial charge < -0.3 is 9.84 Å². The van der Waals surface area contributed by atoms with E-state index in [0.29, 0.717) is 37.5 Å². The van der Waals surface area contributed by atoms with Gasteiger partial charge in [-0.2, -0.15) is 4.31 Å². The van der Waals surface area contributed by atoms with Crippen molar-refractivity contribution in [3.05, 3.63) is 29.8 Å². The molecule has 2 aliphatic rings. The average Bonchev–Trinajstić information content (AvgIpc) is 3.05. The summed E-state index contributed by atoms with van der Waals surface area (Å²) in [6, 6.07) is 7.04. The van der Waals surface area contributed by atoms with E-state index in [2.05, 4.69) is 0 Å². The van der Waals surface area contributed by atoms with Crippen molar-refractivity contribution in [3.8, 4) is 0 Å². The second-order valence-electron chi connectivity index (χ2n) is 6.38. The molecule has 2 saturated heterocycles. The first-order valence-electron chi connectivity index (χ1n) is 8.41. The van der Waals surface area contributed by atoms with E-state index in [9.17, 15) is 13.5 Å². The zero-order valence-electron chi connectivity index (χ0n) is 13.5. The van der Waals surface area contributed by atoms with E-state index in [4.69, 9.17) is 4.74 Å². The lowest BCUT2D eigenvalue weighted by atomic mass is 9.90. The van der Waals surface area contributed by atoms with Gasteiger partial charge in [0.2, 0.25) is 10.0 Å². The monoisotopic (exact) mass is 339 g/mol. The molecular formula is C17H25NO4S. The molecule has 1 aromatic rings. The molecule has 0 bridgehead atoms. The number of rotatable bonds is 4. The third-order valence-electron chi connectivity index (χ3n) is 5.05. The Labute approximate surface area is 138 Å². The fourth-order valence-electron chi connectivity index (χ4n) is 3.78. The summed E-state index contributed by atoms with van der Waals surface area (Å²) in [7, 11) is -3.54. The highest BCUT2D eigenvalue weighted by Gasteiger charge is 2.43. The molecular weight excluding hydrogens is 314 g/mol. The largest absolute Gasteiger partial charge is 0.393 e. The lowest BCUT2D eigenvalue weighted by Gasteiger charge is -2.36. The molecule has 0 spiro atoms. The summed E-state index contributed by atoms with van der Waals surface area (Å²) < 4.78 is 33.5. The molecule has 6 heteroatoms. The molecule has 5 nitrogen and oxygen atoms in total. The van der Waals surface area contributed by atoms with Gasteiger partial charge in [-0.15, -0.1) is 0 Å². The lowest BCUT2D eigenvalue weighted by molar-refractivity contribution is -0.0543. The molecule has 1 aromatic carbocycles. The molecule has 2 heterocycles. The Balaban J connectivity index is 1.92. The third-order valence-corrected chi connectivity index (χ3v) is 7.07. The standard InChI is InChI=1S/C17H25NO4S/c1-2-13-6-3-4-8-17(13)23(20,21)18-10-5-7-15(18)14-12-22-11-9-16(14)19/h3-4,6,8,14-16,19H,2,5,7,9-12H2,1H3/t14-,15-,16-/m1/s1. The number of hydrogen-bond donors (Lipinski definition) is 1. The van der Waals surface area contributed by atoms with Crippen LogP contribution in [0.15, 0.2) is 29.2 Å². The van der Waals surface area contributed by atoms with Crippen LogP contribution in [0.25, 0.3) is 0 Å². The van der Waals surface area contributed by atoms with Gasteiger partial charge in [0, 0.05) is 25.1 Å². The lowest BCUT2D eigenvalue weighted by Crippen LogP contribution is -2.48. The number of benzene rings is 1. The van der Waals surface area contributed by atoms with E-state index in [0.717, 1.165) is 18.4 Å². The minimum absolute atomic E-state index is 0.130. The third kappa shape index (κ3) is 3.18. The van der Waals surface area contributed by atoms with E-state index >= 15 is 0 Å². The highest BCUT2D eigenvalue weighted by molar-refractivity contribution is 7.89. The van der Waals surface area contributed by atoms with Gasteiger partial charge in [-0.25, -0.2) is 8.42 Å². The van der Waals surface area contributed by atoms with Crippen molar-refractivity contribution < 1.29 is 18.3 Å². The van der Waals surface area contributed by atoms with Crippen LogP contribution in [0.5, 0.6) is 0 Å². The van der Waals surface area contributed by atoms with Gasteiger partial charge in [-0.1, -0.05) is 25.1 Å². The normalized spacial score (nSPS) is 29.7. The van der Waals surface area contributed by atoms with Crippen molar-refractivity contribution in [2.45, 2.75) is 49.6 Å². The summed E-state index contributed by atoms with van der Waals surface area (Å²) in [5.41, 5.74) is 0.846. The second-order valence-corrected chi connectivity index (χ2v) is 8.24. The van der Waals surface area contributed by atoms with Crippen LogP contribution in [-0.2, 0) is 21.2 Å². The number of nitrogens with zero attached hydrogens (tertiary/aromatic N) is 1. The number of sulfonamides is 1. The summed E-state index contributed by atoms with van der Waals surface area (Å²) in [6.45, 7) is 3.48. The van der Waals surface area contributed by atoms with Crippen molar-refractivity contribution in [1.29, 1.82) is 0 Å². The predicted molar refractivity (Wildman–Crippen MR) is 87.7 cm³/mol. The summed E-state index contributed by atoms with van der Waals surface area (Å²) in [5.74, 6) is -0.130. The Hall–Kier alpha value is -0.950. The molecule has 0 aliphatic carbocycles. The first kappa shape index (κ1) is 16.9. The van der Waals surface area contributed by atoms with Gasteiger partial charge in [0.25, 0.3) is 0 Å². The van der Waals surface area contributed by atoms with Crippen LogP contribution < -0.4 is 0 Å². The summed E-state index contributed by atoms with van der Waals surface area (Å²) in [6.07, 6.45) is 2.41. The van der Waals surface area contributed by atoms with E-state index in [1.165, 1.54) is 0 Å². The van der Waals surface area contributed by atoms with Crippen molar-refractivity contribution in [1.82, 2.24) is 4.31 Å². The number of ether oxygens (including phenoxy) is 1. The fraction of sp³-hybridized carbons (Fsp3) is 0.647. The van der Waals surface area contributed by atoms with Crippen LogP contribution in [0.1, 0.15) is 31.7 Å². The van der Waals surface area contributed by atoms with Crippen LogP contribution in [0.2, 0.25) is 0 Å². The van der Waals surface area contributed by atoms with E-state index in [-0.39, 0.29) is 12.0 Å². The maximum absolute atomic E-state index is 13.2. The molecule has 0 saturated carbocycles. The van der Waals surface area contributed by atoms with Crippen molar-refractivity contribution >= 4 is 10.0 Å². The minimum atomic E-state index is -3.54. The molecule has 3 atom stereocenters. The fourth-order valence-corrected chi connectivity index (χ4v) is 5.82. The number of aliphatic hydroxyl groups excluding tert-OH is 1. The zero-order chi connectivity index (χ0) is 16.4. The Morgan fingerprint density at radius 1 is 1.30 bits per heavy atom. The van der Waals surface area contributed by atoms with Crippen molar-refractivity contribution in [3.63, 3.8) is 0 Å². The van der Waals surface area contributed by atoms with Crippen LogP contribution in [0, 0.1) is 5.92 Å². The quantitative estimate of drug-likeness (QED) is 0.908. The molecule has 0 amide bonds. The van der Waals surface area contributed by atoms with Gasteiger partial charge >= 0.3 is 0 Å². The highest BCUT2D eigenvalue weighted by Crippen LogP contribution is 2.34. The molecule has 128 valence electrons. The zero-order valence-corrected chi connectivity index (χ0v) is 14.3. The molecule has 3 rings (SSSR count). The maximum atomic E-state index is 13.2. The van der Waals surface area contributed by atoms with Crippen molar-refractivity contribution in [2.75, 3.05) is 19.8 Å². The van der Waals surface area contributed by atoms with Gasteiger partial charge in [0.1, 0.15) is 0 Å². The summed E-state index contributed by atoms with van der Waals surface area (Å²) in [4.78, 5) is 0.403. The Morgan fingerprint density at radius 3 is 2.83 bits per heavy atom. The van der Waals surface area contributed by atoms with Crippen LogP contribution in [0.3, 0.4) is 0 Å². The second kappa shape index (κ2) is 6.89. The molecule has 1 N–H and O–H groups in total. The topological polar surface area (TPSA) is 66.8 Å². The maximum Gasteiger partial charge on any atom is 0.243 e. The summed E-state index contributed by atoms with van der Waals surface area (Å²) >= 11 is 0. The van der Waals surface area contributed by atoms with E-state index in [1.54, 1.807) is 16.4 Å². The predicted octanol–water partition coefficient (Wildman–Crippen LogP) is 1.80. The van der Waals surface area contributed by atoms with Crippen LogP contribution >= 0.6 is 0 Å². The van der Waals surface area contributed by atoms with Crippen LogP contribution in [0.4, 0.5) is 0 Å². The Kier molecular flexibility index (Phi) is 5.06. The number of aliphatic hydroxyl groups is 1. The SMILES string of the molecule is CCc1ccccc1S(=O)(=O)N1CCC[C@@H]1[C@H]1COCC[C@H]1O.